The average Bonchev–Trinajstić information content (AvgIpc) is 2.35. The Morgan fingerprint density at radius 1 is 1.39 bits per heavy atom. The molecule has 2 unspecified atom stereocenters. The Morgan fingerprint density at radius 2 is 2.00 bits per heavy atom. The predicted octanol–water partition coefficient (Wildman–Crippen LogP) is 4.38. The highest BCUT2D eigenvalue weighted by Crippen LogP contribution is 2.39. The molecule has 0 heterocycles. The van der Waals surface area contributed by atoms with Crippen LogP contribution >= 0.6 is 15.9 Å². The first-order valence-electron chi connectivity index (χ1n) is 6.48. The van der Waals surface area contributed by atoms with Crippen LogP contribution in [-0.2, 0) is 0 Å². The van der Waals surface area contributed by atoms with E-state index in [-0.39, 0.29) is 0 Å². The molecule has 0 aliphatic carbocycles. The first-order valence-corrected chi connectivity index (χ1v) is 7.28. The molecule has 0 aliphatic heterocycles. The second kappa shape index (κ2) is 6.58. The van der Waals surface area contributed by atoms with E-state index in [0.717, 1.165) is 16.6 Å². The van der Waals surface area contributed by atoms with Gasteiger partial charge in [0, 0.05) is 16.1 Å². The molecule has 0 aliphatic rings. The summed E-state index contributed by atoms with van der Waals surface area (Å²) >= 11 is 3.65. The lowest BCUT2D eigenvalue weighted by molar-refractivity contribution is 0.362. The van der Waals surface area contributed by atoms with Crippen LogP contribution in [0, 0.1) is 19.8 Å². The zero-order valence-corrected chi connectivity index (χ0v) is 13.8. The molecule has 0 radical (unpaired) electrons. The summed E-state index contributed by atoms with van der Waals surface area (Å²) in [5.74, 6) is 1.58. The highest BCUT2D eigenvalue weighted by molar-refractivity contribution is 9.10. The Hall–Kier alpha value is -0.540. The Kier molecular flexibility index (Phi) is 5.67. The maximum atomic E-state index is 5.63. The van der Waals surface area contributed by atoms with Gasteiger partial charge in [-0.1, -0.05) is 36.2 Å². The van der Waals surface area contributed by atoms with Crippen LogP contribution in [-0.4, -0.2) is 14.2 Å². The van der Waals surface area contributed by atoms with Gasteiger partial charge in [0.05, 0.1) is 7.11 Å². The van der Waals surface area contributed by atoms with Gasteiger partial charge in [0.2, 0.25) is 0 Å². The van der Waals surface area contributed by atoms with E-state index < -0.39 is 0 Å². The Morgan fingerprint density at radius 3 is 2.44 bits per heavy atom. The quantitative estimate of drug-likeness (QED) is 0.871. The standard InChI is InChI=1S/C15H24BrNO/c1-7-9(2)14(17-5)13-11(4)12(16)8-10(3)15(13)18-6/h8-9,14,17H,7H2,1-6H3. The van der Waals surface area contributed by atoms with Gasteiger partial charge in [0.25, 0.3) is 0 Å². The average molecular weight is 314 g/mol. The van der Waals surface area contributed by atoms with Crippen molar-refractivity contribution in [2.75, 3.05) is 14.2 Å². The number of nitrogens with one attached hydrogen (secondary N) is 1. The van der Waals surface area contributed by atoms with Crippen LogP contribution < -0.4 is 10.1 Å². The van der Waals surface area contributed by atoms with Crippen molar-refractivity contribution in [2.24, 2.45) is 5.92 Å². The molecule has 1 aromatic carbocycles. The monoisotopic (exact) mass is 313 g/mol. The Balaban J connectivity index is 3.44. The first-order chi connectivity index (χ1) is 8.47. The van der Waals surface area contributed by atoms with Crippen molar-refractivity contribution in [1.82, 2.24) is 5.32 Å². The number of methoxy groups -OCH3 is 1. The normalized spacial score (nSPS) is 14.4. The molecule has 1 rings (SSSR count). The zero-order valence-electron chi connectivity index (χ0n) is 12.2. The van der Waals surface area contributed by atoms with E-state index >= 15 is 0 Å². The lowest BCUT2D eigenvalue weighted by Crippen LogP contribution is -2.25. The Bertz CT molecular complexity index is 417. The molecule has 0 aromatic heterocycles. The van der Waals surface area contributed by atoms with Crippen LogP contribution in [0.1, 0.15) is 43.0 Å². The number of ether oxygens (including phenoxy) is 1. The molecular formula is C15H24BrNO. The highest BCUT2D eigenvalue weighted by Gasteiger charge is 2.24. The molecule has 0 amide bonds. The summed E-state index contributed by atoms with van der Waals surface area (Å²) in [5.41, 5.74) is 3.71. The molecule has 0 saturated heterocycles. The fourth-order valence-corrected chi connectivity index (χ4v) is 3.03. The van der Waals surface area contributed by atoms with E-state index in [9.17, 15) is 0 Å². The molecule has 0 saturated carbocycles. The van der Waals surface area contributed by atoms with E-state index in [4.69, 9.17) is 4.74 Å². The van der Waals surface area contributed by atoms with Gasteiger partial charge < -0.3 is 10.1 Å². The molecule has 1 aromatic rings. The second-order valence-electron chi connectivity index (χ2n) is 4.90. The molecular weight excluding hydrogens is 290 g/mol. The van der Waals surface area contributed by atoms with Crippen LogP contribution in [0.5, 0.6) is 5.75 Å². The van der Waals surface area contributed by atoms with Crippen LogP contribution in [0.2, 0.25) is 0 Å². The van der Waals surface area contributed by atoms with Gasteiger partial charge in [-0.3, -0.25) is 0 Å². The molecule has 0 bridgehead atoms. The topological polar surface area (TPSA) is 21.3 Å². The van der Waals surface area contributed by atoms with Gasteiger partial charge >= 0.3 is 0 Å². The van der Waals surface area contributed by atoms with Crippen LogP contribution in [0.25, 0.3) is 0 Å². The van der Waals surface area contributed by atoms with E-state index in [1.807, 2.05) is 7.05 Å². The largest absolute Gasteiger partial charge is 0.496 e. The van der Waals surface area contributed by atoms with Crippen molar-refractivity contribution >= 4 is 15.9 Å². The number of hydrogen-bond donors (Lipinski definition) is 1. The van der Waals surface area contributed by atoms with Gasteiger partial charge in [-0.25, -0.2) is 0 Å². The van der Waals surface area contributed by atoms with Crippen LogP contribution in [0.15, 0.2) is 10.5 Å². The molecule has 0 spiro atoms. The summed E-state index contributed by atoms with van der Waals surface area (Å²) in [4.78, 5) is 0. The number of rotatable bonds is 5. The van der Waals surface area contributed by atoms with Crippen LogP contribution in [0.4, 0.5) is 0 Å². The van der Waals surface area contributed by atoms with E-state index in [2.05, 4.69) is 55.0 Å². The third kappa shape index (κ3) is 2.89. The minimum Gasteiger partial charge on any atom is -0.496 e. The van der Waals surface area contributed by atoms with Gasteiger partial charge in [0.15, 0.2) is 0 Å². The zero-order chi connectivity index (χ0) is 13.9. The maximum absolute atomic E-state index is 5.63. The second-order valence-corrected chi connectivity index (χ2v) is 5.75. The van der Waals surface area contributed by atoms with Crippen molar-refractivity contribution in [2.45, 2.75) is 40.2 Å². The number of halogens is 1. The predicted molar refractivity (Wildman–Crippen MR) is 81.4 cm³/mol. The lowest BCUT2D eigenvalue weighted by Gasteiger charge is -2.28. The van der Waals surface area contributed by atoms with Gasteiger partial charge in [-0.2, -0.15) is 0 Å². The minimum atomic E-state index is 0.321. The number of aryl methyl sites for hydroxylation is 1. The summed E-state index contributed by atoms with van der Waals surface area (Å²) in [5, 5.41) is 3.44. The molecule has 102 valence electrons. The molecule has 18 heavy (non-hydrogen) atoms. The van der Waals surface area contributed by atoms with Crippen molar-refractivity contribution in [1.29, 1.82) is 0 Å². The van der Waals surface area contributed by atoms with Crippen molar-refractivity contribution < 1.29 is 4.74 Å². The molecule has 2 nitrogen and oxygen atoms in total. The third-order valence-electron chi connectivity index (χ3n) is 3.75. The summed E-state index contributed by atoms with van der Waals surface area (Å²) in [6.07, 6.45) is 1.14. The minimum absolute atomic E-state index is 0.321. The summed E-state index contributed by atoms with van der Waals surface area (Å²) in [6.45, 7) is 8.74. The molecule has 1 N–H and O–H groups in total. The Labute approximate surface area is 119 Å². The maximum Gasteiger partial charge on any atom is 0.126 e. The third-order valence-corrected chi connectivity index (χ3v) is 4.57. The fraction of sp³-hybridized carbons (Fsp3) is 0.600. The highest BCUT2D eigenvalue weighted by atomic mass is 79.9. The number of hydrogen-bond acceptors (Lipinski definition) is 2. The van der Waals surface area contributed by atoms with Gasteiger partial charge in [0.1, 0.15) is 5.75 Å². The van der Waals surface area contributed by atoms with E-state index in [0.29, 0.717) is 12.0 Å². The van der Waals surface area contributed by atoms with Gasteiger partial charge in [-0.05, 0) is 44.0 Å². The number of benzene rings is 1. The molecule has 2 atom stereocenters. The summed E-state index contributed by atoms with van der Waals surface area (Å²) in [6, 6.07) is 2.45. The summed E-state index contributed by atoms with van der Waals surface area (Å²) < 4.78 is 6.78. The van der Waals surface area contributed by atoms with Crippen LogP contribution in [0.3, 0.4) is 0 Å². The smallest absolute Gasteiger partial charge is 0.126 e. The van der Waals surface area contributed by atoms with E-state index in [1.165, 1.54) is 16.7 Å². The summed E-state index contributed by atoms with van der Waals surface area (Å²) in [7, 11) is 3.77. The van der Waals surface area contributed by atoms with Gasteiger partial charge in [-0.15, -0.1) is 0 Å². The molecule has 0 fully saturated rings. The fourth-order valence-electron chi connectivity index (χ4n) is 2.47. The molecule has 3 heteroatoms. The van der Waals surface area contributed by atoms with Crippen molar-refractivity contribution in [3.05, 3.63) is 27.2 Å². The SMILES string of the molecule is CCC(C)C(NC)c1c(C)c(Br)cc(C)c1OC. The van der Waals surface area contributed by atoms with Crippen molar-refractivity contribution in [3.8, 4) is 5.75 Å². The van der Waals surface area contributed by atoms with E-state index in [1.54, 1.807) is 7.11 Å². The first kappa shape index (κ1) is 15.5. The van der Waals surface area contributed by atoms with Crippen molar-refractivity contribution in [3.63, 3.8) is 0 Å². The lowest BCUT2D eigenvalue weighted by atomic mass is 9.88.